The lowest BCUT2D eigenvalue weighted by Crippen LogP contribution is -2.27. The van der Waals surface area contributed by atoms with Crippen LogP contribution >= 0.6 is 7.82 Å². The molecule has 0 amide bonds. The highest BCUT2D eigenvalue weighted by Gasteiger charge is 2.21. The fourth-order valence-corrected chi connectivity index (χ4v) is 5.17. The topological polar surface area (TPSA) is 123 Å². The van der Waals surface area contributed by atoms with Crippen LogP contribution in [0.1, 0.15) is 142 Å². The van der Waals surface area contributed by atoms with Gasteiger partial charge in [0.05, 0.1) is 19.0 Å². The number of carbonyl (C=O) groups is 1. The number of phosphoric acid groups is 1. The van der Waals surface area contributed by atoms with Gasteiger partial charge in [-0.15, -0.1) is 0 Å². The Bertz CT molecular complexity index is 1040. The molecule has 0 heterocycles. The molecule has 0 aromatic heterocycles. The Morgan fingerprint density at radius 2 is 1.24 bits per heavy atom. The summed E-state index contributed by atoms with van der Waals surface area (Å²) in [6.45, 7) is 3.82. The molecule has 3 N–H and O–H groups in total. The van der Waals surface area contributed by atoms with Gasteiger partial charge in [-0.2, -0.15) is 0 Å². The van der Waals surface area contributed by atoms with Gasteiger partial charge < -0.3 is 24.4 Å². The third kappa shape index (κ3) is 38.3. The molecule has 9 heteroatoms. The Balaban J connectivity index is 4.10. The average Bonchev–Trinajstić information content (AvgIpc) is 3.08. The van der Waals surface area contributed by atoms with Crippen LogP contribution in [0.15, 0.2) is 85.3 Å². The summed E-state index contributed by atoms with van der Waals surface area (Å²) < 4.78 is 26.6. The highest BCUT2D eigenvalue weighted by atomic mass is 31.2. The van der Waals surface area contributed by atoms with Crippen LogP contribution in [0.5, 0.6) is 0 Å². The minimum atomic E-state index is -4.70. The van der Waals surface area contributed by atoms with Gasteiger partial charge in [0, 0.05) is 6.42 Å². The lowest BCUT2D eigenvalue weighted by atomic mass is 10.0. The van der Waals surface area contributed by atoms with Crippen LogP contribution < -0.4 is 0 Å². The zero-order chi connectivity index (χ0) is 36.8. The average molecular weight is 721 g/mol. The maximum absolute atomic E-state index is 12.3. The molecule has 0 aliphatic carbocycles. The number of carbonyl (C=O) groups excluding carboxylic acids is 1. The number of allylic oxidation sites excluding steroid dienone is 11. The van der Waals surface area contributed by atoms with Gasteiger partial charge in [0.2, 0.25) is 0 Å². The van der Waals surface area contributed by atoms with Crippen molar-refractivity contribution in [1.29, 1.82) is 0 Å². The Hall–Kier alpha value is -2.48. The number of hydrogen-bond donors (Lipinski definition) is 3. The Labute approximate surface area is 304 Å². The third-order valence-electron chi connectivity index (χ3n) is 7.62. The predicted octanol–water partition coefficient (Wildman–Crippen LogP) is 11.1. The quantitative estimate of drug-likeness (QED) is 0.0150. The smallest absolute Gasteiger partial charge is 0.469 e. The van der Waals surface area contributed by atoms with E-state index < -0.39 is 32.6 Å². The number of rotatable bonds is 34. The lowest BCUT2D eigenvalue weighted by molar-refractivity contribution is -0.153. The minimum absolute atomic E-state index is 0.0512. The SMILES string of the molecule is CC/C=C\CC(O)/C=C/C=C/C/C=C\C/C=C\C/C=C\CCC(=O)O[C@H](CO/C=C/CCCCCCCCCCCCCC)COP(=O)(O)O. The van der Waals surface area contributed by atoms with E-state index in [1.54, 1.807) is 12.3 Å². The molecule has 0 radical (unpaired) electrons. The Morgan fingerprint density at radius 3 is 1.84 bits per heavy atom. The van der Waals surface area contributed by atoms with E-state index >= 15 is 0 Å². The van der Waals surface area contributed by atoms with Crippen LogP contribution in [0.4, 0.5) is 0 Å². The van der Waals surface area contributed by atoms with Crippen molar-refractivity contribution in [1.82, 2.24) is 0 Å². The molecule has 0 aromatic carbocycles. The van der Waals surface area contributed by atoms with Crippen molar-refractivity contribution < 1.29 is 38.3 Å². The van der Waals surface area contributed by atoms with Crippen LogP contribution in [0.3, 0.4) is 0 Å². The number of aliphatic hydroxyl groups excluding tert-OH is 1. The van der Waals surface area contributed by atoms with Gasteiger partial charge in [-0.05, 0) is 57.4 Å². The van der Waals surface area contributed by atoms with E-state index in [4.69, 9.17) is 19.3 Å². The number of ether oxygens (including phenoxy) is 2. The van der Waals surface area contributed by atoms with Crippen molar-refractivity contribution in [3.8, 4) is 0 Å². The van der Waals surface area contributed by atoms with Crippen molar-refractivity contribution >= 4 is 13.8 Å². The van der Waals surface area contributed by atoms with E-state index in [0.29, 0.717) is 12.8 Å². The first-order chi connectivity index (χ1) is 24.3. The van der Waals surface area contributed by atoms with Gasteiger partial charge in [0.1, 0.15) is 6.61 Å². The van der Waals surface area contributed by atoms with E-state index in [1.807, 2.05) is 42.5 Å². The predicted molar refractivity (Wildman–Crippen MR) is 208 cm³/mol. The molecule has 0 rings (SSSR count). The summed E-state index contributed by atoms with van der Waals surface area (Å²) in [5.41, 5.74) is 0. The molecule has 0 spiro atoms. The summed E-state index contributed by atoms with van der Waals surface area (Å²) in [6.07, 6.45) is 47.2. The normalized spacial score (nSPS) is 14.2. The van der Waals surface area contributed by atoms with Gasteiger partial charge in [0.15, 0.2) is 6.10 Å². The van der Waals surface area contributed by atoms with E-state index in [2.05, 4.69) is 48.8 Å². The van der Waals surface area contributed by atoms with E-state index in [-0.39, 0.29) is 13.0 Å². The van der Waals surface area contributed by atoms with Crippen LogP contribution in [-0.2, 0) is 23.4 Å². The van der Waals surface area contributed by atoms with Gasteiger partial charge >= 0.3 is 13.8 Å². The second-order valence-electron chi connectivity index (χ2n) is 12.4. The minimum Gasteiger partial charge on any atom is -0.498 e. The second kappa shape index (κ2) is 36.3. The molecular formula is C41H69O8P. The molecule has 0 fully saturated rings. The van der Waals surface area contributed by atoms with Crippen molar-refractivity contribution in [3.63, 3.8) is 0 Å². The summed E-state index contributed by atoms with van der Waals surface area (Å²) in [5, 5.41) is 9.81. The van der Waals surface area contributed by atoms with Crippen molar-refractivity contribution in [3.05, 3.63) is 85.3 Å². The van der Waals surface area contributed by atoms with E-state index in [9.17, 15) is 14.5 Å². The summed E-state index contributed by atoms with van der Waals surface area (Å²) in [6, 6.07) is 0. The maximum atomic E-state index is 12.3. The summed E-state index contributed by atoms with van der Waals surface area (Å²) in [7, 11) is -4.70. The number of phosphoric ester groups is 1. The van der Waals surface area contributed by atoms with Crippen LogP contribution in [0, 0.1) is 0 Å². The van der Waals surface area contributed by atoms with Crippen LogP contribution in [0.2, 0.25) is 0 Å². The first-order valence-corrected chi connectivity index (χ1v) is 20.6. The molecule has 0 aromatic rings. The monoisotopic (exact) mass is 720 g/mol. The van der Waals surface area contributed by atoms with E-state index in [0.717, 1.165) is 38.5 Å². The summed E-state index contributed by atoms with van der Waals surface area (Å²) >= 11 is 0. The fraction of sp³-hybridized carbons (Fsp3) is 0.634. The first-order valence-electron chi connectivity index (χ1n) is 19.1. The van der Waals surface area contributed by atoms with E-state index in [1.165, 1.54) is 70.6 Å². The second-order valence-corrected chi connectivity index (χ2v) is 13.7. The fourth-order valence-electron chi connectivity index (χ4n) is 4.81. The Morgan fingerprint density at radius 1 is 0.660 bits per heavy atom. The molecule has 0 bridgehead atoms. The highest BCUT2D eigenvalue weighted by molar-refractivity contribution is 7.46. The zero-order valence-electron chi connectivity index (χ0n) is 31.1. The molecule has 0 saturated carbocycles. The van der Waals surface area contributed by atoms with Crippen LogP contribution in [0.25, 0.3) is 0 Å². The largest absolute Gasteiger partial charge is 0.498 e. The zero-order valence-corrected chi connectivity index (χ0v) is 32.0. The molecule has 286 valence electrons. The lowest BCUT2D eigenvalue weighted by Gasteiger charge is -2.17. The molecule has 0 saturated heterocycles. The van der Waals surface area contributed by atoms with Crippen LogP contribution in [-0.4, -0.2) is 46.3 Å². The number of unbranched alkanes of at least 4 members (excludes halogenated alkanes) is 12. The third-order valence-corrected chi connectivity index (χ3v) is 8.10. The van der Waals surface area contributed by atoms with Gasteiger partial charge in [-0.3, -0.25) is 9.32 Å². The molecule has 0 aliphatic rings. The van der Waals surface area contributed by atoms with Crippen molar-refractivity contribution in [2.45, 2.75) is 154 Å². The summed E-state index contributed by atoms with van der Waals surface area (Å²) in [5.74, 6) is -0.483. The number of aliphatic hydroxyl groups is 1. The highest BCUT2D eigenvalue weighted by Crippen LogP contribution is 2.35. The van der Waals surface area contributed by atoms with Gasteiger partial charge in [0.25, 0.3) is 0 Å². The molecular weight excluding hydrogens is 651 g/mol. The first kappa shape index (κ1) is 47.5. The maximum Gasteiger partial charge on any atom is 0.469 e. The number of esters is 1. The van der Waals surface area contributed by atoms with Gasteiger partial charge in [-0.25, -0.2) is 4.57 Å². The summed E-state index contributed by atoms with van der Waals surface area (Å²) in [4.78, 5) is 30.4. The van der Waals surface area contributed by atoms with Gasteiger partial charge in [-0.1, -0.05) is 157 Å². The molecule has 1 unspecified atom stereocenters. The molecule has 50 heavy (non-hydrogen) atoms. The molecule has 2 atom stereocenters. The molecule has 0 aliphatic heterocycles. The standard InChI is InChI=1S/C41H69O8P/c1-3-5-7-8-9-10-11-12-16-19-22-25-28-32-36-47-37-40(38-48-50(44,45)46)49-41(43)35-31-27-24-21-18-15-13-14-17-20-23-26-30-34-39(42)33-29-6-4-2/h6,14-15,17-18,23-24,26-27,29-30,32,34,36,39-40,42H,3-5,7-13,16,19-22,25,28,31,33,35,37-38H2,1-2H3,(H2,44,45,46)/b17-14-,18-15-,26-23+,27-24-,29-6-,34-30+,36-32+/t39?,40-/m1/s1. The van der Waals surface area contributed by atoms with Crippen molar-refractivity contribution in [2.75, 3.05) is 13.2 Å². The Kier molecular flexibility index (Phi) is 34.5. The van der Waals surface area contributed by atoms with Crippen molar-refractivity contribution in [2.24, 2.45) is 0 Å². The number of hydrogen-bond acceptors (Lipinski definition) is 6. The molecule has 8 nitrogen and oxygen atoms in total.